The van der Waals surface area contributed by atoms with Crippen LogP contribution in [0.25, 0.3) is 22.4 Å². The van der Waals surface area contributed by atoms with Crippen molar-refractivity contribution in [1.29, 1.82) is 0 Å². The summed E-state index contributed by atoms with van der Waals surface area (Å²) in [5.74, 6) is -2.45. The van der Waals surface area contributed by atoms with Gasteiger partial charge in [0.05, 0.1) is 42.2 Å². The van der Waals surface area contributed by atoms with Gasteiger partial charge >= 0.3 is 5.97 Å². The van der Waals surface area contributed by atoms with Crippen LogP contribution in [0.4, 0.5) is 10.1 Å². The molecule has 18 heteroatoms. The number of anilines is 1. The van der Waals surface area contributed by atoms with E-state index in [1.165, 1.54) is 12.1 Å². The molecule has 2 aliphatic rings. The average Bonchev–Trinajstić information content (AvgIpc) is 4.15. The molecule has 3 unspecified atom stereocenters. The van der Waals surface area contributed by atoms with Gasteiger partial charge in [0.25, 0.3) is 11.8 Å². The van der Waals surface area contributed by atoms with Gasteiger partial charge in [-0.3, -0.25) is 34.0 Å². The Hall–Kier alpha value is -7.54. The number of unbranched alkanes of at least 4 members (excludes halogenated alkanes) is 3. The number of piperidine rings is 1. The van der Waals surface area contributed by atoms with Crippen LogP contribution in [-0.4, -0.2) is 107 Å². The highest BCUT2D eigenvalue weighted by atomic mass is 19.1. The number of aliphatic hydroxyl groups excluding tert-OH is 2. The Labute approximate surface area is 453 Å². The summed E-state index contributed by atoms with van der Waals surface area (Å²) in [5, 5.41) is 44.8. The second-order valence-electron chi connectivity index (χ2n) is 20.5. The van der Waals surface area contributed by atoms with Crippen molar-refractivity contribution in [3.05, 3.63) is 143 Å². The van der Waals surface area contributed by atoms with Gasteiger partial charge in [-0.05, 0) is 141 Å². The third-order valence-corrected chi connectivity index (χ3v) is 14.3. The van der Waals surface area contributed by atoms with Gasteiger partial charge in [0, 0.05) is 68.0 Å². The number of benzene rings is 4. The summed E-state index contributed by atoms with van der Waals surface area (Å²) in [6.45, 7) is 6.95. The molecule has 4 heterocycles. The van der Waals surface area contributed by atoms with Crippen molar-refractivity contribution in [2.24, 2.45) is 0 Å². The molecule has 1 saturated heterocycles. The minimum Gasteiger partial charge on any atom is -0.494 e. The molecule has 0 aliphatic carbocycles. The minimum absolute atomic E-state index is 0.137. The summed E-state index contributed by atoms with van der Waals surface area (Å²) in [7, 11) is 0. The highest BCUT2D eigenvalue weighted by Gasteiger charge is 2.40. The van der Waals surface area contributed by atoms with Crippen LogP contribution in [0.15, 0.2) is 103 Å². The number of fused-ring (bicyclic) bond motifs is 1. The van der Waals surface area contributed by atoms with Crippen LogP contribution in [0.1, 0.15) is 134 Å². The molecule has 8 rings (SSSR count). The number of nitrogens with one attached hydrogen (secondary N) is 2. The normalized spacial score (nSPS) is 15.1. The molecule has 0 bridgehead atoms. The number of carboxylic acids is 1. The maximum Gasteiger partial charge on any atom is 0.305 e. The van der Waals surface area contributed by atoms with Crippen molar-refractivity contribution in [2.75, 3.05) is 25.1 Å². The number of halogens is 1. The largest absolute Gasteiger partial charge is 0.494 e. The molecule has 3 atom stereocenters. The number of carbonyl (C=O) groups is 5. The lowest BCUT2D eigenvalue weighted by Gasteiger charge is -2.29. The fraction of sp³-hybridized carbons (Fsp3) is 0.417. The average molecular weight is 1070 g/mol. The number of aliphatic carboxylic acids is 1. The lowest BCUT2D eigenvalue weighted by atomic mass is 9.94. The highest BCUT2D eigenvalue weighted by molar-refractivity contribution is 6.12. The maximum absolute atomic E-state index is 14.7. The topological polar surface area (TPSA) is 227 Å². The molecule has 2 aliphatic heterocycles. The van der Waals surface area contributed by atoms with Gasteiger partial charge < -0.3 is 39.6 Å². The molecule has 78 heavy (non-hydrogen) atoms. The molecule has 0 radical (unpaired) electrons. The van der Waals surface area contributed by atoms with Crippen LogP contribution in [0.3, 0.4) is 0 Å². The van der Waals surface area contributed by atoms with E-state index in [-0.39, 0.29) is 49.4 Å². The number of para-hydroxylation sites is 1. The van der Waals surface area contributed by atoms with Crippen LogP contribution in [-0.2, 0) is 51.6 Å². The first-order valence-corrected chi connectivity index (χ1v) is 27.2. The summed E-state index contributed by atoms with van der Waals surface area (Å²) in [6.07, 6.45) is 6.61. The van der Waals surface area contributed by atoms with E-state index in [1.54, 1.807) is 29.2 Å². The summed E-state index contributed by atoms with van der Waals surface area (Å²) >= 11 is 0. The molecular formula is C60H70FN7O10. The van der Waals surface area contributed by atoms with Gasteiger partial charge in [-0.2, -0.15) is 0 Å². The Balaban J connectivity index is 0.823. The lowest BCUT2D eigenvalue weighted by Crippen LogP contribution is -2.52. The number of carbonyl (C=O) groups excluding carboxylic acids is 4. The molecule has 5 N–H and O–H groups in total. The summed E-state index contributed by atoms with van der Waals surface area (Å²) in [5.41, 5.74) is 7.77. The third kappa shape index (κ3) is 14.7. The summed E-state index contributed by atoms with van der Waals surface area (Å²) in [4.78, 5) is 64.8. The minimum atomic E-state index is -1.24. The van der Waals surface area contributed by atoms with E-state index in [9.17, 15) is 43.7 Å². The first-order chi connectivity index (χ1) is 37.7. The fourth-order valence-electron chi connectivity index (χ4n) is 10.5. The van der Waals surface area contributed by atoms with E-state index in [0.29, 0.717) is 96.3 Å². The van der Waals surface area contributed by atoms with Gasteiger partial charge in [0.2, 0.25) is 11.8 Å². The van der Waals surface area contributed by atoms with Gasteiger partial charge in [0.1, 0.15) is 17.6 Å². The Morgan fingerprint density at radius 3 is 2.36 bits per heavy atom. The predicted octanol–water partition coefficient (Wildman–Crippen LogP) is 8.89. The molecule has 412 valence electrons. The van der Waals surface area contributed by atoms with E-state index in [2.05, 4.69) is 20.9 Å². The number of aliphatic hydroxyl groups is 2. The molecule has 2 aromatic heterocycles. The SMILES string of the molecule is CC(C)c1c(C(=O)Nc2ccccc2)c(-c2cccc(OCCCc3cn(CCCCCCOCCCc4cccc5c4CN(C4CCC(=O)NC4=O)C5=O)nn3)c2)c(-c2ccc(F)cc2)n1CCC(O)CC(O)CC(=O)O. The van der Waals surface area contributed by atoms with Gasteiger partial charge in [-0.1, -0.05) is 74.4 Å². The van der Waals surface area contributed by atoms with Crippen molar-refractivity contribution in [3.63, 3.8) is 0 Å². The first kappa shape index (κ1) is 56.7. The smallest absolute Gasteiger partial charge is 0.305 e. The number of ether oxygens (including phenoxy) is 2. The zero-order valence-corrected chi connectivity index (χ0v) is 44.4. The number of aromatic nitrogens is 4. The Kier molecular flexibility index (Phi) is 19.7. The quantitative estimate of drug-likeness (QED) is 0.0219. The maximum atomic E-state index is 14.7. The number of amides is 4. The van der Waals surface area contributed by atoms with E-state index in [4.69, 9.17) is 9.47 Å². The molecule has 6 aromatic rings. The van der Waals surface area contributed by atoms with Crippen LogP contribution in [0, 0.1) is 5.82 Å². The zero-order valence-electron chi connectivity index (χ0n) is 44.4. The van der Waals surface area contributed by atoms with Crippen LogP contribution < -0.4 is 15.4 Å². The number of hydrogen-bond donors (Lipinski definition) is 5. The van der Waals surface area contributed by atoms with Gasteiger partial charge in [0.15, 0.2) is 0 Å². The van der Waals surface area contributed by atoms with Crippen LogP contribution in [0.5, 0.6) is 5.75 Å². The molecule has 0 saturated carbocycles. The Morgan fingerprint density at radius 1 is 0.833 bits per heavy atom. The summed E-state index contributed by atoms with van der Waals surface area (Å²) in [6, 6.07) is 27.8. The predicted molar refractivity (Wildman–Crippen MR) is 291 cm³/mol. The number of carboxylic acid groups (broad SMARTS) is 1. The van der Waals surface area contributed by atoms with Crippen LogP contribution >= 0.6 is 0 Å². The summed E-state index contributed by atoms with van der Waals surface area (Å²) < 4.78 is 30.6. The van der Waals surface area contributed by atoms with E-state index in [1.807, 2.05) is 90.0 Å². The molecule has 4 amide bonds. The second kappa shape index (κ2) is 27.2. The fourth-order valence-corrected chi connectivity index (χ4v) is 10.5. The van der Waals surface area contributed by atoms with E-state index >= 15 is 0 Å². The Bertz CT molecular complexity index is 3030. The molecule has 4 aromatic carbocycles. The van der Waals surface area contributed by atoms with Crippen molar-refractivity contribution in [2.45, 2.75) is 141 Å². The number of nitrogens with zero attached hydrogens (tertiary/aromatic N) is 5. The van der Waals surface area contributed by atoms with E-state index in [0.717, 1.165) is 61.9 Å². The number of imide groups is 1. The van der Waals surface area contributed by atoms with Crippen molar-refractivity contribution in [1.82, 2.24) is 29.8 Å². The number of aryl methyl sites for hydroxylation is 3. The lowest BCUT2D eigenvalue weighted by molar-refractivity contribution is -0.140. The zero-order chi connectivity index (χ0) is 55.1. The molecule has 17 nitrogen and oxygen atoms in total. The van der Waals surface area contributed by atoms with Crippen molar-refractivity contribution >= 4 is 35.3 Å². The standard InChI is InChI=1S/C60H70FN7O10/c1-39(2)56-55(59(75)62-44-17-6-5-7-18-44)54(57(41-22-24-43(61)25-23-41)67(56)30-28-46(69)35-47(70)36-53(72)73)42-15-10-20-48(34-42)78-33-13-19-45-37-66(65-64-45)29-8-3-4-9-31-77-32-12-16-40-14-11-21-49-50(40)38-68(60(49)76)51-26-27-52(71)63-58(51)74/h5-7,10-11,14-15,17-18,20-25,34,37,39,46-47,51,69-70H,3-4,8-9,12-13,16,19,26-33,35-36,38H2,1-2H3,(H,62,75)(H,72,73)(H,63,71,74). The van der Waals surface area contributed by atoms with Crippen molar-refractivity contribution < 1.29 is 53.2 Å². The monoisotopic (exact) mass is 1070 g/mol. The highest BCUT2D eigenvalue weighted by Crippen LogP contribution is 2.44. The third-order valence-electron chi connectivity index (χ3n) is 14.3. The number of rotatable bonds is 29. The van der Waals surface area contributed by atoms with Gasteiger partial charge in [-0.15, -0.1) is 5.10 Å². The molecule has 0 spiro atoms. The first-order valence-electron chi connectivity index (χ1n) is 27.2. The number of hydrogen-bond acceptors (Lipinski definition) is 11. The Morgan fingerprint density at radius 2 is 1.59 bits per heavy atom. The molecule has 1 fully saturated rings. The van der Waals surface area contributed by atoms with Crippen LogP contribution in [0.2, 0.25) is 0 Å². The van der Waals surface area contributed by atoms with Crippen molar-refractivity contribution in [3.8, 4) is 28.1 Å². The molecular weight excluding hydrogens is 998 g/mol. The van der Waals surface area contributed by atoms with Gasteiger partial charge in [-0.25, -0.2) is 4.39 Å². The second-order valence-corrected chi connectivity index (χ2v) is 20.5. The van der Waals surface area contributed by atoms with E-state index < -0.39 is 42.4 Å².